The van der Waals surface area contributed by atoms with E-state index in [4.69, 9.17) is 10.5 Å². The molecule has 1 aliphatic rings. The Morgan fingerprint density at radius 3 is 2.52 bits per heavy atom. The normalized spacial score (nSPS) is 16.5. The van der Waals surface area contributed by atoms with Crippen LogP contribution in [-0.2, 0) is 16.0 Å². The molecule has 1 saturated heterocycles. The summed E-state index contributed by atoms with van der Waals surface area (Å²) < 4.78 is 5.27. The van der Waals surface area contributed by atoms with Crippen molar-refractivity contribution in [3.63, 3.8) is 0 Å². The van der Waals surface area contributed by atoms with Gasteiger partial charge in [-0.3, -0.25) is 4.79 Å². The number of carbonyl (C=O) groups excluding carboxylic acids is 2. The Kier molecular flexibility index (Phi) is 6.22. The number of nitrogens with two attached hydrogens (primary N) is 1. The molecule has 0 aromatic heterocycles. The van der Waals surface area contributed by atoms with Gasteiger partial charge in [0, 0.05) is 26.2 Å². The molecule has 23 heavy (non-hydrogen) atoms. The van der Waals surface area contributed by atoms with E-state index in [-0.39, 0.29) is 12.2 Å². The molecule has 0 aliphatic carbocycles. The minimum Gasteiger partial charge on any atom is -0.508 e. The largest absolute Gasteiger partial charge is 0.508 e. The lowest BCUT2D eigenvalue weighted by atomic mass is 10.0. The topological polar surface area (TPSA) is 114 Å². The summed E-state index contributed by atoms with van der Waals surface area (Å²) in [7, 11) is 0. The standard InChI is InChI=1S/C16H23N3O4/c17-15(21)14(9-11-1-3-13(20)4-2-11)19-16(22)18-10-12-5-7-23-8-6-12/h1-4,12,14,20H,5-10H2,(H2,17,21)(H2,18,19,22)/t14-/m0/s1. The summed E-state index contributed by atoms with van der Waals surface area (Å²) in [6.07, 6.45) is 2.13. The summed E-state index contributed by atoms with van der Waals surface area (Å²) in [5.74, 6) is -0.0514. The van der Waals surface area contributed by atoms with Gasteiger partial charge < -0.3 is 26.2 Å². The third kappa shape index (κ3) is 5.78. The highest BCUT2D eigenvalue weighted by Crippen LogP contribution is 2.13. The third-order valence-electron chi connectivity index (χ3n) is 3.92. The first-order valence-electron chi connectivity index (χ1n) is 7.74. The highest BCUT2D eigenvalue weighted by Gasteiger charge is 2.20. The predicted molar refractivity (Wildman–Crippen MR) is 84.9 cm³/mol. The number of phenolic OH excluding ortho intramolecular Hbond substituents is 1. The zero-order chi connectivity index (χ0) is 16.7. The molecule has 0 spiro atoms. The summed E-state index contributed by atoms with van der Waals surface area (Å²) in [5, 5.41) is 14.6. The molecule has 7 nitrogen and oxygen atoms in total. The molecule has 7 heteroatoms. The Labute approximate surface area is 135 Å². The lowest BCUT2D eigenvalue weighted by Crippen LogP contribution is -2.50. The number of phenols is 1. The Bertz CT molecular complexity index is 527. The molecule has 1 fully saturated rings. The fourth-order valence-electron chi connectivity index (χ4n) is 2.49. The highest BCUT2D eigenvalue weighted by molar-refractivity contribution is 5.86. The van der Waals surface area contributed by atoms with E-state index in [1.807, 2.05) is 0 Å². The van der Waals surface area contributed by atoms with Crippen molar-refractivity contribution in [3.05, 3.63) is 29.8 Å². The van der Waals surface area contributed by atoms with Crippen molar-refractivity contribution in [2.45, 2.75) is 25.3 Å². The van der Waals surface area contributed by atoms with E-state index in [9.17, 15) is 14.7 Å². The lowest BCUT2D eigenvalue weighted by Gasteiger charge is -2.23. The fourth-order valence-corrected chi connectivity index (χ4v) is 2.49. The zero-order valence-corrected chi connectivity index (χ0v) is 13.0. The van der Waals surface area contributed by atoms with Gasteiger partial charge in [0.15, 0.2) is 0 Å². The van der Waals surface area contributed by atoms with Crippen molar-refractivity contribution < 1.29 is 19.4 Å². The summed E-state index contributed by atoms with van der Waals surface area (Å²) in [6.45, 7) is 2.00. The Balaban J connectivity index is 1.81. The van der Waals surface area contributed by atoms with Crippen LogP contribution in [0.25, 0.3) is 0 Å². The molecule has 1 aromatic carbocycles. The van der Waals surface area contributed by atoms with E-state index in [0.717, 1.165) is 31.6 Å². The average molecular weight is 321 g/mol. The summed E-state index contributed by atoms with van der Waals surface area (Å²) in [5.41, 5.74) is 6.16. The molecule has 0 bridgehead atoms. The van der Waals surface area contributed by atoms with Gasteiger partial charge in [0.25, 0.3) is 0 Å². The molecule has 3 amide bonds. The predicted octanol–water partition coefficient (Wildman–Crippen LogP) is 0.514. The Morgan fingerprint density at radius 2 is 1.91 bits per heavy atom. The van der Waals surface area contributed by atoms with Crippen LogP contribution in [0.2, 0.25) is 0 Å². The second-order valence-corrected chi connectivity index (χ2v) is 5.74. The Hall–Kier alpha value is -2.28. The Morgan fingerprint density at radius 1 is 1.26 bits per heavy atom. The van der Waals surface area contributed by atoms with Crippen molar-refractivity contribution in [1.82, 2.24) is 10.6 Å². The van der Waals surface area contributed by atoms with Gasteiger partial charge in [0.05, 0.1) is 0 Å². The summed E-state index contributed by atoms with van der Waals surface area (Å²) in [6, 6.07) is 5.23. The molecule has 1 atom stereocenters. The molecule has 2 rings (SSSR count). The average Bonchev–Trinajstić information content (AvgIpc) is 2.55. The first-order valence-corrected chi connectivity index (χ1v) is 7.74. The number of primary amides is 1. The fraction of sp³-hybridized carbons (Fsp3) is 0.500. The number of hydrogen-bond acceptors (Lipinski definition) is 4. The molecule has 1 heterocycles. The van der Waals surface area contributed by atoms with Gasteiger partial charge in [-0.1, -0.05) is 12.1 Å². The van der Waals surface area contributed by atoms with Crippen molar-refractivity contribution in [2.24, 2.45) is 11.7 Å². The quantitative estimate of drug-likeness (QED) is 0.611. The maximum atomic E-state index is 11.9. The number of ether oxygens (including phenoxy) is 1. The first kappa shape index (κ1) is 17.1. The van der Waals surface area contributed by atoms with Gasteiger partial charge in [-0.05, 0) is 36.5 Å². The molecule has 5 N–H and O–H groups in total. The first-order chi connectivity index (χ1) is 11.0. The van der Waals surface area contributed by atoms with Gasteiger partial charge in [-0.15, -0.1) is 0 Å². The second-order valence-electron chi connectivity index (χ2n) is 5.74. The van der Waals surface area contributed by atoms with Crippen molar-refractivity contribution in [3.8, 4) is 5.75 Å². The van der Waals surface area contributed by atoms with E-state index in [2.05, 4.69) is 10.6 Å². The monoisotopic (exact) mass is 321 g/mol. The molecule has 126 valence electrons. The lowest BCUT2D eigenvalue weighted by molar-refractivity contribution is -0.119. The second kappa shape index (κ2) is 8.38. The van der Waals surface area contributed by atoms with E-state index >= 15 is 0 Å². The van der Waals surface area contributed by atoms with Crippen LogP contribution in [0.4, 0.5) is 4.79 Å². The number of rotatable bonds is 6. The van der Waals surface area contributed by atoms with E-state index < -0.39 is 18.0 Å². The van der Waals surface area contributed by atoms with E-state index in [1.54, 1.807) is 12.1 Å². The zero-order valence-electron chi connectivity index (χ0n) is 13.0. The van der Waals surface area contributed by atoms with Crippen molar-refractivity contribution in [1.29, 1.82) is 0 Å². The molecule has 0 saturated carbocycles. The minimum absolute atomic E-state index is 0.145. The number of nitrogens with one attached hydrogen (secondary N) is 2. The van der Waals surface area contributed by atoms with Crippen LogP contribution < -0.4 is 16.4 Å². The number of carbonyl (C=O) groups is 2. The van der Waals surface area contributed by atoms with Crippen LogP contribution in [0.15, 0.2) is 24.3 Å². The van der Waals surface area contributed by atoms with Gasteiger partial charge in [-0.25, -0.2) is 4.79 Å². The van der Waals surface area contributed by atoms with Crippen LogP contribution in [0.5, 0.6) is 5.75 Å². The smallest absolute Gasteiger partial charge is 0.315 e. The van der Waals surface area contributed by atoms with E-state index in [1.165, 1.54) is 12.1 Å². The SMILES string of the molecule is NC(=O)[C@H](Cc1ccc(O)cc1)NC(=O)NCC1CCOCC1. The number of aromatic hydroxyl groups is 1. The molecule has 1 aliphatic heterocycles. The maximum Gasteiger partial charge on any atom is 0.315 e. The van der Waals surface area contributed by atoms with Gasteiger partial charge >= 0.3 is 6.03 Å². The molecule has 0 radical (unpaired) electrons. The third-order valence-corrected chi connectivity index (χ3v) is 3.92. The van der Waals surface area contributed by atoms with Gasteiger partial charge in [0.1, 0.15) is 11.8 Å². The number of urea groups is 1. The minimum atomic E-state index is -0.797. The van der Waals surface area contributed by atoms with Crippen LogP contribution in [0.1, 0.15) is 18.4 Å². The highest BCUT2D eigenvalue weighted by atomic mass is 16.5. The van der Waals surface area contributed by atoms with Crippen molar-refractivity contribution in [2.75, 3.05) is 19.8 Å². The summed E-state index contributed by atoms with van der Waals surface area (Å²) in [4.78, 5) is 23.5. The molecule has 1 aromatic rings. The van der Waals surface area contributed by atoms with Crippen molar-refractivity contribution >= 4 is 11.9 Å². The molecular formula is C16H23N3O4. The van der Waals surface area contributed by atoms with Gasteiger partial charge in [-0.2, -0.15) is 0 Å². The van der Waals surface area contributed by atoms with Crippen LogP contribution in [0, 0.1) is 5.92 Å². The van der Waals surface area contributed by atoms with Crippen LogP contribution in [-0.4, -0.2) is 42.8 Å². The molecule has 0 unspecified atom stereocenters. The van der Waals surface area contributed by atoms with Crippen LogP contribution >= 0.6 is 0 Å². The molecular weight excluding hydrogens is 298 g/mol. The number of hydrogen-bond donors (Lipinski definition) is 4. The number of benzene rings is 1. The van der Waals surface area contributed by atoms with Crippen LogP contribution in [0.3, 0.4) is 0 Å². The summed E-state index contributed by atoms with van der Waals surface area (Å²) >= 11 is 0. The maximum absolute atomic E-state index is 11.9. The van der Waals surface area contributed by atoms with Gasteiger partial charge in [0.2, 0.25) is 5.91 Å². The number of amides is 3. The van der Waals surface area contributed by atoms with E-state index in [0.29, 0.717) is 12.5 Å².